The maximum atomic E-state index is 14.0. The number of nitrogens with two attached hydrogens (primary N) is 2. The number of carboxylic acid groups (broad SMARTS) is 1. The predicted molar refractivity (Wildman–Crippen MR) is 117 cm³/mol. The van der Waals surface area contributed by atoms with Crippen molar-refractivity contribution in [3.05, 3.63) is 71.3 Å². The number of carboxylic acids is 1. The molecule has 0 radical (unpaired) electrons. The number of nitrogens with zero attached hydrogens (tertiary/aromatic N) is 2. The Hall–Kier alpha value is -3.80. The lowest BCUT2D eigenvalue weighted by molar-refractivity contribution is -0.199. The summed E-state index contributed by atoms with van der Waals surface area (Å²) in [5, 5.41) is 8.92. The summed E-state index contributed by atoms with van der Waals surface area (Å²) in [6.07, 6.45) is -7.73. The Balaban J connectivity index is 1.95. The van der Waals surface area contributed by atoms with Gasteiger partial charge in [0, 0.05) is 29.7 Å². The van der Waals surface area contributed by atoms with Crippen LogP contribution < -0.4 is 16.2 Å². The standard InChI is InChI=1S/C23H21F5N4O3/c1-22(24,25)15-5-3-2-4-14(15)19(23(26,27)28)35-18-11-17(31-21(30)32-18)13-8-6-12(7-9-13)10-16(29)20(33)34/h2-9,11,16,19H,10,29H2,1H3,(H,33,34)(H2,30,31,32)/t16-,19?/m0/s1. The zero-order valence-electron chi connectivity index (χ0n) is 18.3. The molecule has 7 nitrogen and oxygen atoms in total. The first-order valence-electron chi connectivity index (χ1n) is 10.2. The fraction of sp³-hybridized carbons (Fsp3) is 0.261. The minimum Gasteiger partial charge on any atom is -0.480 e. The highest BCUT2D eigenvalue weighted by atomic mass is 19.4. The number of hydrogen-bond donors (Lipinski definition) is 3. The lowest BCUT2D eigenvalue weighted by Crippen LogP contribution is -2.32. The molecule has 0 aliphatic rings. The smallest absolute Gasteiger partial charge is 0.429 e. The third-order valence-corrected chi connectivity index (χ3v) is 4.99. The van der Waals surface area contributed by atoms with Gasteiger partial charge in [0.15, 0.2) is 0 Å². The molecule has 0 saturated carbocycles. The normalized spacial score (nSPS) is 13.8. The van der Waals surface area contributed by atoms with Gasteiger partial charge in [-0.15, -0.1) is 0 Å². The second kappa shape index (κ2) is 9.82. The fourth-order valence-electron chi connectivity index (χ4n) is 3.36. The van der Waals surface area contributed by atoms with Gasteiger partial charge >= 0.3 is 12.1 Å². The van der Waals surface area contributed by atoms with E-state index in [-0.39, 0.29) is 12.1 Å². The van der Waals surface area contributed by atoms with Crippen LogP contribution in [0, 0.1) is 0 Å². The molecule has 0 amide bonds. The van der Waals surface area contributed by atoms with Crippen molar-refractivity contribution in [2.24, 2.45) is 5.73 Å². The highest BCUT2D eigenvalue weighted by molar-refractivity contribution is 5.73. The summed E-state index contributed by atoms with van der Waals surface area (Å²) in [5.41, 5.74) is 10.7. The molecule has 3 aromatic rings. The molecule has 35 heavy (non-hydrogen) atoms. The van der Waals surface area contributed by atoms with Crippen LogP contribution in [0.25, 0.3) is 11.3 Å². The third kappa shape index (κ3) is 6.41. The number of hydrogen-bond acceptors (Lipinski definition) is 6. The summed E-state index contributed by atoms with van der Waals surface area (Å²) >= 11 is 0. The topological polar surface area (TPSA) is 124 Å². The summed E-state index contributed by atoms with van der Waals surface area (Å²) in [4.78, 5) is 18.6. The largest absolute Gasteiger partial charge is 0.480 e. The Labute approximate surface area is 196 Å². The van der Waals surface area contributed by atoms with Crippen LogP contribution in [0.4, 0.5) is 27.9 Å². The molecule has 0 bridgehead atoms. The van der Waals surface area contributed by atoms with Crippen molar-refractivity contribution in [3.8, 4) is 17.1 Å². The molecule has 3 rings (SSSR count). The number of alkyl halides is 5. The van der Waals surface area contributed by atoms with Crippen LogP contribution in [-0.2, 0) is 17.1 Å². The summed E-state index contributed by atoms with van der Waals surface area (Å²) in [5.74, 6) is -5.68. The number of ether oxygens (including phenoxy) is 1. The highest BCUT2D eigenvalue weighted by Gasteiger charge is 2.46. The maximum absolute atomic E-state index is 14.0. The lowest BCUT2D eigenvalue weighted by Gasteiger charge is -2.25. The van der Waals surface area contributed by atoms with Crippen molar-refractivity contribution in [1.82, 2.24) is 9.97 Å². The van der Waals surface area contributed by atoms with Gasteiger partial charge in [-0.05, 0) is 12.0 Å². The number of halogens is 5. The van der Waals surface area contributed by atoms with E-state index in [9.17, 15) is 26.7 Å². The average Bonchev–Trinajstić information content (AvgIpc) is 2.76. The highest BCUT2D eigenvalue weighted by Crippen LogP contribution is 2.42. The molecule has 1 aromatic heterocycles. The lowest BCUT2D eigenvalue weighted by atomic mass is 9.97. The van der Waals surface area contributed by atoms with Crippen molar-refractivity contribution in [3.63, 3.8) is 0 Å². The van der Waals surface area contributed by atoms with Crippen LogP contribution in [0.3, 0.4) is 0 Å². The van der Waals surface area contributed by atoms with Gasteiger partial charge in [-0.3, -0.25) is 4.79 Å². The van der Waals surface area contributed by atoms with Crippen LogP contribution in [0.15, 0.2) is 54.6 Å². The van der Waals surface area contributed by atoms with Crippen LogP contribution in [0.5, 0.6) is 5.88 Å². The Morgan fingerprint density at radius 2 is 1.69 bits per heavy atom. The molecule has 0 saturated heterocycles. The number of aromatic nitrogens is 2. The number of anilines is 1. The van der Waals surface area contributed by atoms with Gasteiger partial charge in [-0.2, -0.15) is 18.2 Å². The molecule has 1 heterocycles. The molecule has 0 spiro atoms. The quantitative estimate of drug-likeness (QED) is 0.393. The van der Waals surface area contributed by atoms with Crippen LogP contribution in [0.1, 0.15) is 29.7 Å². The predicted octanol–water partition coefficient (Wildman–Crippen LogP) is 4.47. The molecule has 5 N–H and O–H groups in total. The molecular formula is C23H21F5N4O3. The Kier molecular flexibility index (Phi) is 7.25. The number of carbonyl (C=O) groups is 1. The van der Waals surface area contributed by atoms with E-state index < -0.39 is 53.2 Å². The Morgan fingerprint density at radius 3 is 2.26 bits per heavy atom. The van der Waals surface area contributed by atoms with E-state index >= 15 is 0 Å². The molecule has 1 unspecified atom stereocenters. The molecule has 0 aliphatic carbocycles. The maximum Gasteiger partial charge on any atom is 0.429 e. The van der Waals surface area contributed by atoms with Gasteiger partial charge in [0.1, 0.15) is 6.04 Å². The Bertz CT molecular complexity index is 1200. The van der Waals surface area contributed by atoms with E-state index in [4.69, 9.17) is 21.3 Å². The molecule has 0 fully saturated rings. The first-order valence-corrected chi connectivity index (χ1v) is 10.2. The van der Waals surface area contributed by atoms with Crippen molar-refractivity contribution in [2.75, 3.05) is 5.73 Å². The molecule has 2 aromatic carbocycles. The number of nitrogen functional groups attached to an aromatic ring is 1. The van der Waals surface area contributed by atoms with E-state index in [0.717, 1.165) is 18.2 Å². The minimum absolute atomic E-state index is 0.0601. The van der Waals surface area contributed by atoms with Gasteiger partial charge in [0.2, 0.25) is 17.9 Å². The van der Waals surface area contributed by atoms with Gasteiger partial charge in [0.05, 0.1) is 5.69 Å². The number of aliphatic carboxylic acids is 1. The van der Waals surface area contributed by atoms with Gasteiger partial charge in [0.25, 0.3) is 5.92 Å². The van der Waals surface area contributed by atoms with E-state index in [1.54, 1.807) is 24.3 Å². The second-order valence-electron chi connectivity index (χ2n) is 7.81. The minimum atomic E-state index is -5.05. The molecular weight excluding hydrogens is 475 g/mol. The van der Waals surface area contributed by atoms with Crippen molar-refractivity contribution in [1.29, 1.82) is 0 Å². The van der Waals surface area contributed by atoms with E-state index in [0.29, 0.717) is 18.1 Å². The van der Waals surface area contributed by atoms with Gasteiger partial charge in [-0.1, -0.05) is 48.5 Å². The van der Waals surface area contributed by atoms with Crippen molar-refractivity contribution >= 4 is 11.9 Å². The van der Waals surface area contributed by atoms with E-state index in [1.165, 1.54) is 12.1 Å². The zero-order chi connectivity index (χ0) is 26.0. The second-order valence-corrected chi connectivity index (χ2v) is 7.81. The number of benzene rings is 2. The summed E-state index contributed by atoms with van der Waals surface area (Å²) < 4.78 is 74.8. The SMILES string of the molecule is CC(F)(F)c1ccccc1C(Oc1cc(-c2ccc(C[C@H](N)C(=O)O)cc2)nc(N)n1)C(F)(F)F. The van der Waals surface area contributed by atoms with Crippen LogP contribution >= 0.6 is 0 Å². The summed E-state index contributed by atoms with van der Waals surface area (Å²) in [6.45, 7) is 0.493. The third-order valence-electron chi connectivity index (χ3n) is 4.99. The summed E-state index contributed by atoms with van der Waals surface area (Å²) in [7, 11) is 0. The van der Waals surface area contributed by atoms with Crippen molar-refractivity contribution in [2.45, 2.75) is 37.6 Å². The van der Waals surface area contributed by atoms with Crippen LogP contribution in [0.2, 0.25) is 0 Å². The van der Waals surface area contributed by atoms with Crippen LogP contribution in [-0.4, -0.2) is 33.3 Å². The zero-order valence-corrected chi connectivity index (χ0v) is 18.3. The first kappa shape index (κ1) is 25.8. The molecule has 12 heteroatoms. The number of rotatable bonds is 8. The monoisotopic (exact) mass is 496 g/mol. The first-order chi connectivity index (χ1) is 16.3. The van der Waals surface area contributed by atoms with Gasteiger partial charge < -0.3 is 21.3 Å². The van der Waals surface area contributed by atoms with E-state index in [1.807, 2.05) is 0 Å². The molecule has 186 valence electrons. The van der Waals surface area contributed by atoms with E-state index in [2.05, 4.69) is 9.97 Å². The van der Waals surface area contributed by atoms with Gasteiger partial charge in [-0.25, -0.2) is 13.8 Å². The molecule has 0 aliphatic heterocycles. The average molecular weight is 496 g/mol. The van der Waals surface area contributed by atoms with Crippen molar-refractivity contribution < 1.29 is 36.6 Å². The summed E-state index contributed by atoms with van der Waals surface area (Å²) in [6, 6.07) is 10.5. The molecule has 2 atom stereocenters. The Morgan fingerprint density at radius 1 is 1.06 bits per heavy atom. The fourth-order valence-corrected chi connectivity index (χ4v) is 3.36.